The summed E-state index contributed by atoms with van der Waals surface area (Å²) in [6.07, 6.45) is 3.64. The number of oxazole rings is 1. The van der Waals surface area contributed by atoms with Gasteiger partial charge in [0, 0.05) is 5.02 Å². The van der Waals surface area contributed by atoms with Crippen molar-refractivity contribution in [1.82, 2.24) is 4.57 Å². The Morgan fingerprint density at radius 3 is 2.68 bits per heavy atom. The molecule has 3 aromatic rings. The van der Waals surface area contributed by atoms with Crippen molar-refractivity contribution in [2.24, 2.45) is 0 Å². The number of rotatable bonds is 5. The van der Waals surface area contributed by atoms with E-state index in [0.717, 1.165) is 13.1 Å². The fourth-order valence-electron chi connectivity index (χ4n) is 3.51. The third-order valence-electron chi connectivity index (χ3n) is 4.91. The molecule has 4 rings (SSSR count). The molecule has 0 bridgehead atoms. The van der Waals surface area contributed by atoms with Crippen LogP contribution in [0.5, 0.6) is 0 Å². The van der Waals surface area contributed by atoms with Gasteiger partial charge < -0.3 is 14.0 Å². The molecular weight excluding hydrogens is 418 g/mol. The van der Waals surface area contributed by atoms with Gasteiger partial charge in [0.1, 0.15) is 10.0 Å². The van der Waals surface area contributed by atoms with Crippen molar-refractivity contribution in [1.29, 1.82) is 0 Å². The van der Waals surface area contributed by atoms with Gasteiger partial charge in [-0.05, 0) is 55.7 Å². The Balaban J connectivity index is 1.68. The molecule has 0 spiro atoms. The first-order chi connectivity index (χ1) is 13.4. The number of piperidine rings is 1. The molecule has 0 amide bonds. The molecule has 0 aliphatic carbocycles. The van der Waals surface area contributed by atoms with Crippen molar-refractivity contribution in [3.63, 3.8) is 0 Å². The van der Waals surface area contributed by atoms with E-state index in [0.29, 0.717) is 27.6 Å². The van der Waals surface area contributed by atoms with Crippen LogP contribution in [0.15, 0.2) is 51.8 Å². The lowest BCUT2D eigenvalue weighted by molar-refractivity contribution is -0.927. The zero-order valence-corrected chi connectivity index (χ0v) is 17.5. The SMILES string of the molecule is O=S(=O)([N-]c1cccc(Cl)c1)c1ccc2oc(=S)n(C[NH+]3CCCCC3)c2c1. The summed E-state index contributed by atoms with van der Waals surface area (Å²) in [5.74, 6) is 0. The van der Waals surface area contributed by atoms with Crippen LogP contribution < -0.4 is 4.90 Å². The van der Waals surface area contributed by atoms with Gasteiger partial charge in [0.15, 0.2) is 12.3 Å². The molecule has 0 saturated carbocycles. The number of nitrogens with zero attached hydrogens (tertiary/aromatic N) is 2. The topological polar surface area (TPSA) is 70.8 Å². The first-order valence-electron chi connectivity index (χ1n) is 9.13. The second-order valence-electron chi connectivity index (χ2n) is 6.94. The second kappa shape index (κ2) is 7.87. The summed E-state index contributed by atoms with van der Waals surface area (Å²) < 4.78 is 37.0. The number of likely N-dealkylation sites (tertiary alicyclic amines) is 1. The average molecular weight is 438 g/mol. The molecule has 1 aliphatic heterocycles. The minimum atomic E-state index is -3.89. The average Bonchev–Trinajstić information content (AvgIpc) is 2.97. The molecule has 0 atom stereocenters. The van der Waals surface area contributed by atoms with E-state index in [1.807, 2.05) is 4.57 Å². The van der Waals surface area contributed by atoms with E-state index in [4.69, 9.17) is 28.2 Å². The number of quaternary nitrogens is 1. The van der Waals surface area contributed by atoms with Crippen molar-refractivity contribution in [2.75, 3.05) is 13.1 Å². The highest BCUT2D eigenvalue weighted by atomic mass is 35.5. The highest BCUT2D eigenvalue weighted by Crippen LogP contribution is 2.31. The fourth-order valence-corrected chi connectivity index (χ4v) is 4.94. The zero-order valence-electron chi connectivity index (χ0n) is 15.1. The Labute approximate surface area is 173 Å². The van der Waals surface area contributed by atoms with Crippen molar-refractivity contribution < 1.29 is 17.7 Å². The highest BCUT2D eigenvalue weighted by Gasteiger charge is 2.18. The highest BCUT2D eigenvalue weighted by molar-refractivity contribution is 7.94. The fraction of sp³-hybridized carbons (Fsp3) is 0.316. The summed E-state index contributed by atoms with van der Waals surface area (Å²) in [6.45, 7) is 2.83. The van der Waals surface area contributed by atoms with Crippen LogP contribution in [0.2, 0.25) is 5.02 Å². The zero-order chi connectivity index (χ0) is 19.7. The van der Waals surface area contributed by atoms with E-state index in [1.54, 1.807) is 30.3 Å². The third kappa shape index (κ3) is 4.10. The maximum atomic E-state index is 12.8. The summed E-state index contributed by atoms with van der Waals surface area (Å²) in [5, 5.41) is 0.430. The summed E-state index contributed by atoms with van der Waals surface area (Å²) in [5.41, 5.74) is 1.53. The van der Waals surface area contributed by atoms with Gasteiger partial charge in [-0.1, -0.05) is 29.8 Å². The summed E-state index contributed by atoms with van der Waals surface area (Å²) in [6, 6.07) is 11.1. The predicted octanol–water partition coefficient (Wildman–Crippen LogP) is 4.04. The summed E-state index contributed by atoms with van der Waals surface area (Å²) in [4.78, 5) is 1.87. The van der Waals surface area contributed by atoms with Crippen LogP contribution in [0.3, 0.4) is 0 Å². The van der Waals surface area contributed by atoms with E-state index in [2.05, 4.69) is 4.72 Å². The largest absolute Gasteiger partial charge is 0.573 e. The predicted molar refractivity (Wildman–Crippen MR) is 111 cm³/mol. The quantitative estimate of drug-likeness (QED) is 0.611. The molecule has 2 heterocycles. The monoisotopic (exact) mass is 437 g/mol. The number of nitrogens with one attached hydrogen (secondary N) is 1. The van der Waals surface area contributed by atoms with E-state index in [9.17, 15) is 8.42 Å². The van der Waals surface area contributed by atoms with Crippen molar-refractivity contribution in [3.05, 3.63) is 57.0 Å². The Kier molecular flexibility index (Phi) is 5.46. The van der Waals surface area contributed by atoms with E-state index >= 15 is 0 Å². The number of halogens is 1. The van der Waals surface area contributed by atoms with Crippen LogP contribution in [-0.4, -0.2) is 26.1 Å². The summed E-state index contributed by atoms with van der Waals surface area (Å²) >= 11 is 11.3. The Morgan fingerprint density at radius 1 is 1.14 bits per heavy atom. The number of sulfonamides is 1. The molecule has 1 aliphatic rings. The molecule has 28 heavy (non-hydrogen) atoms. The number of benzene rings is 2. The maximum Gasteiger partial charge on any atom is 0.274 e. The van der Waals surface area contributed by atoms with Gasteiger partial charge in [0.25, 0.3) is 4.84 Å². The molecule has 2 aromatic carbocycles. The molecule has 0 unspecified atom stereocenters. The number of fused-ring (bicyclic) bond motifs is 1. The second-order valence-corrected chi connectivity index (χ2v) is 9.33. The minimum absolute atomic E-state index is 0.0955. The standard InChI is InChI=1S/C19H19ClN3O3S2/c20-14-5-4-6-15(11-14)21-28(24,25)16-7-8-18-17(12-16)23(19(27)26-18)13-22-9-2-1-3-10-22/h4-8,11-12H,1-3,9-10,13H2/q-1/p+1. The van der Waals surface area contributed by atoms with Crippen LogP contribution in [0, 0.1) is 4.84 Å². The lowest BCUT2D eigenvalue weighted by Gasteiger charge is -2.24. The first kappa shape index (κ1) is 19.4. The van der Waals surface area contributed by atoms with Gasteiger partial charge in [0.2, 0.25) is 0 Å². The van der Waals surface area contributed by atoms with Gasteiger partial charge in [-0.15, -0.1) is 5.69 Å². The Morgan fingerprint density at radius 2 is 1.93 bits per heavy atom. The van der Waals surface area contributed by atoms with E-state index in [1.165, 1.54) is 36.3 Å². The van der Waals surface area contributed by atoms with Crippen LogP contribution >= 0.6 is 23.8 Å². The minimum Gasteiger partial charge on any atom is -0.573 e. The van der Waals surface area contributed by atoms with Crippen molar-refractivity contribution in [2.45, 2.75) is 30.8 Å². The molecule has 0 radical (unpaired) electrons. The van der Waals surface area contributed by atoms with Gasteiger partial charge in [-0.3, -0.25) is 4.57 Å². The van der Waals surface area contributed by atoms with E-state index in [-0.39, 0.29) is 10.6 Å². The van der Waals surface area contributed by atoms with Gasteiger partial charge in [-0.25, -0.2) is 8.42 Å². The smallest absolute Gasteiger partial charge is 0.274 e. The van der Waals surface area contributed by atoms with Gasteiger partial charge in [-0.2, -0.15) is 0 Å². The number of hydrogen-bond acceptors (Lipinski definition) is 4. The van der Waals surface area contributed by atoms with Crippen LogP contribution in [0.25, 0.3) is 15.8 Å². The molecule has 1 saturated heterocycles. The lowest BCUT2D eigenvalue weighted by atomic mass is 10.1. The lowest BCUT2D eigenvalue weighted by Crippen LogP contribution is -3.12. The molecule has 1 N–H and O–H groups in total. The maximum absolute atomic E-state index is 12.8. The van der Waals surface area contributed by atoms with E-state index < -0.39 is 10.0 Å². The van der Waals surface area contributed by atoms with Gasteiger partial charge in [0.05, 0.1) is 23.5 Å². The molecule has 1 aromatic heterocycles. The molecule has 6 nitrogen and oxygen atoms in total. The van der Waals surface area contributed by atoms with Crippen molar-refractivity contribution >= 4 is 50.6 Å². The Hall–Kier alpha value is -1.87. The number of hydrogen-bond donors (Lipinski definition) is 1. The molecule has 9 heteroatoms. The Bertz CT molecular complexity index is 1160. The summed E-state index contributed by atoms with van der Waals surface area (Å²) in [7, 11) is -3.89. The third-order valence-corrected chi connectivity index (χ3v) is 6.75. The first-order valence-corrected chi connectivity index (χ1v) is 11.4. The molecule has 148 valence electrons. The van der Waals surface area contributed by atoms with Crippen LogP contribution in [0.4, 0.5) is 5.69 Å². The normalized spacial score (nSPS) is 15.8. The van der Waals surface area contributed by atoms with Crippen LogP contribution in [0.1, 0.15) is 19.3 Å². The molecular formula is C19H20ClN3O3S2. The molecule has 1 fully saturated rings. The van der Waals surface area contributed by atoms with Crippen molar-refractivity contribution in [3.8, 4) is 0 Å². The van der Waals surface area contributed by atoms with Gasteiger partial charge >= 0.3 is 0 Å². The number of aromatic nitrogens is 1. The van der Waals surface area contributed by atoms with Crippen LogP contribution in [-0.2, 0) is 16.7 Å².